The van der Waals surface area contributed by atoms with Crippen molar-refractivity contribution < 1.29 is 26.4 Å². The van der Waals surface area contributed by atoms with Gasteiger partial charge in [-0.1, -0.05) is 4.47 Å². The standard InChI is InChI=1S/C11H9F3N2O3S/c12-11(13,14)10-6-9(3-2-8(10)7-15)20(17,18)16-4-1-5-19-16/h2-3,6H,1,4-5H2. The van der Waals surface area contributed by atoms with E-state index in [0.717, 1.165) is 12.1 Å². The van der Waals surface area contributed by atoms with Crippen LogP contribution in [0, 0.1) is 11.3 Å². The highest BCUT2D eigenvalue weighted by atomic mass is 32.2. The van der Waals surface area contributed by atoms with Gasteiger partial charge >= 0.3 is 6.18 Å². The highest BCUT2D eigenvalue weighted by Crippen LogP contribution is 2.34. The van der Waals surface area contributed by atoms with E-state index in [9.17, 15) is 21.6 Å². The molecule has 0 spiro atoms. The van der Waals surface area contributed by atoms with Crippen LogP contribution in [-0.2, 0) is 21.0 Å². The lowest BCUT2D eigenvalue weighted by Gasteiger charge is -2.16. The lowest BCUT2D eigenvalue weighted by atomic mass is 10.1. The molecule has 0 N–H and O–H groups in total. The molecular weight excluding hydrogens is 297 g/mol. The van der Waals surface area contributed by atoms with Crippen molar-refractivity contribution in [3.8, 4) is 6.07 Å². The van der Waals surface area contributed by atoms with E-state index < -0.39 is 32.2 Å². The average Bonchev–Trinajstić information content (AvgIpc) is 2.91. The summed E-state index contributed by atoms with van der Waals surface area (Å²) in [6, 6.07) is 3.65. The first kappa shape index (κ1) is 14.8. The second-order valence-electron chi connectivity index (χ2n) is 4.04. The summed E-state index contributed by atoms with van der Waals surface area (Å²) in [7, 11) is -4.14. The number of rotatable bonds is 2. The Hall–Kier alpha value is -1.63. The molecule has 1 heterocycles. The molecule has 1 aliphatic rings. The fourth-order valence-electron chi connectivity index (χ4n) is 1.75. The van der Waals surface area contributed by atoms with Crippen LogP contribution in [-0.4, -0.2) is 26.0 Å². The first-order chi connectivity index (χ1) is 9.26. The van der Waals surface area contributed by atoms with Gasteiger partial charge in [0.2, 0.25) is 0 Å². The van der Waals surface area contributed by atoms with E-state index in [2.05, 4.69) is 0 Å². The topological polar surface area (TPSA) is 70.4 Å². The summed E-state index contributed by atoms with van der Waals surface area (Å²) < 4.78 is 63.2. The van der Waals surface area contributed by atoms with Gasteiger partial charge in [0.1, 0.15) is 0 Å². The summed E-state index contributed by atoms with van der Waals surface area (Å²) >= 11 is 0. The van der Waals surface area contributed by atoms with Crippen LogP contribution in [0.2, 0.25) is 0 Å². The van der Waals surface area contributed by atoms with Gasteiger partial charge in [0, 0.05) is 6.54 Å². The Labute approximate surface area is 113 Å². The molecule has 0 atom stereocenters. The monoisotopic (exact) mass is 306 g/mol. The number of sulfonamides is 1. The first-order valence-corrected chi connectivity index (χ1v) is 6.98. The molecule has 1 aromatic carbocycles. The van der Waals surface area contributed by atoms with Gasteiger partial charge in [-0.3, -0.25) is 4.84 Å². The third-order valence-electron chi connectivity index (χ3n) is 2.70. The third-order valence-corrected chi connectivity index (χ3v) is 4.38. The van der Waals surface area contributed by atoms with E-state index in [-0.39, 0.29) is 13.2 Å². The summed E-state index contributed by atoms with van der Waals surface area (Å²) in [5.74, 6) is 0. The van der Waals surface area contributed by atoms with E-state index >= 15 is 0 Å². The van der Waals surface area contributed by atoms with Gasteiger partial charge in [-0.2, -0.15) is 18.4 Å². The summed E-state index contributed by atoms with van der Waals surface area (Å²) in [5.41, 5.74) is -1.90. The molecule has 1 fully saturated rings. The molecule has 0 bridgehead atoms. The molecule has 1 saturated heterocycles. The van der Waals surface area contributed by atoms with Crippen LogP contribution in [0.5, 0.6) is 0 Å². The summed E-state index contributed by atoms with van der Waals surface area (Å²) in [6.07, 6.45) is -4.33. The van der Waals surface area contributed by atoms with Gasteiger partial charge in [0.15, 0.2) is 0 Å². The molecular formula is C11H9F3N2O3S. The Morgan fingerprint density at radius 3 is 2.55 bits per heavy atom. The van der Waals surface area contributed by atoms with E-state index in [1.165, 1.54) is 6.07 Å². The van der Waals surface area contributed by atoms with E-state index in [1.807, 2.05) is 0 Å². The quantitative estimate of drug-likeness (QED) is 0.837. The molecule has 108 valence electrons. The lowest BCUT2D eigenvalue weighted by molar-refractivity contribution is -0.137. The van der Waals surface area contributed by atoms with Crippen LogP contribution in [0.4, 0.5) is 13.2 Å². The molecule has 0 aromatic heterocycles. The van der Waals surface area contributed by atoms with Crippen LogP contribution < -0.4 is 0 Å². The molecule has 5 nitrogen and oxygen atoms in total. The largest absolute Gasteiger partial charge is 0.417 e. The molecule has 1 aromatic rings. The Morgan fingerprint density at radius 1 is 1.35 bits per heavy atom. The van der Waals surface area contributed by atoms with Gasteiger partial charge in [0.25, 0.3) is 10.0 Å². The lowest BCUT2D eigenvalue weighted by Crippen LogP contribution is -2.27. The van der Waals surface area contributed by atoms with E-state index in [0.29, 0.717) is 17.0 Å². The van der Waals surface area contributed by atoms with Crippen LogP contribution in [0.15, 0.2) is 23.1 Å². The SMILES string of the molecule is N#Cc1ccc(S(=O)(=O)N2CCCO2)cc1C(F)(F)F. The van der Waals surface area contributed by atoms with Gasteiger partial charge in [0.05, 0.1) is 28.7 Å². The molecule has 9 heteroatoms. The molecule has 0 amide bonds. The van der Waals surface area contributed by atoms with Crippen molar-refractivity contribution in [1.82, 2.24) is 4.47 Å². The maximum atomic E-state index is 12.8. The zero-order valence-electron chi connectivity index (χ0n) is 10.0. The number of alkyl halides is 3. The van der Waals surface area contributed by atoms with Gasteiger partial charge in [-0.15, -0.1) is 0 Å². The minimum absolute atomic E-state index is 0.0870. The van der Waals surface area contributed by atoms with Crippen molar-refractivity contribution >= 4 is 10.0 Å². The van der Waals surface area contributed by atoms with Crippen molar-refractivity contribution in [2.45, 2.75) is 17.5 Å². The number of hydrogen-bond donors (Lipinski definition) is 0. The van der Waals surface area contributed by atoms with Crippen LogP contribution in [0.25, 0.3) is 0 Å². The normalized spacial score (nSPS) is 17.1. The zero-order chi connectivity index (χ0) is 15.0. The van der Waals surface area contributed by atoms with Gasteiger partial charge < -0.3 is 0 Å². The number of hydroxylamine groups is 1. The van der Waals surface area contributed by atoms with E-state index in [4.69, 9.17) is 10.1 Å². The smallest absolute Gasteiger partial charge is 0.284 e. The maximum Gasteiger partial charge on any atom is 0.417 e. The summed E-state index contributed by atoms with van der Waals surface area (Å²) in [6.45, 7) is 0.283. The fraction of sp³-hybridized carbons (Fsp3) is 0.364. The van der Waals surface area contributed by atoms with Gasteiger partial charge in [-0.05, 0) is 24.6 Å². The molecule has 0 unspecified atom stereocenters. The zero-order valence-corrected chi connectivity index (χ0v) is 10.8. The van der Waals surface area contributed by atoms with Crippen LogP contribution in [0.1, 0.15) is 17.5 Å². The number of benzene rings is 1. The Balaban J connectivity index is 2.52. The Morgan fingerprint density at radius 2 is 2.05 bits per heavy atom. The van der Waals surface area contributed by atoms with Crippen LogP contribution in [0.3, 0.4) is 0 Å². The van der Waals surface area contributed by atoms with Crippen molar-refractivity contribution in [3.05, 3.63) is 29.3 Å². The van der Waals surface area contributed by atoms with Crippen molar-refractivity contribution in [1.29, 1.82) is 5.26 Å². The predicted octanol–water partition coefficient (Wildman–Crippen LogP) is 1.90. The van der Waals surface area contributed by atoms with E-state index in [1.54, 1.807) is 0 Å². The van der Waals surface area contributed by atoms with Gasteiger partial charge in [-0.25, -0.2) is 8.42 Å². The van der Waals surface area contributed by atoms with Crippen molar-refractivity contribution in [2.75, 3.05) is 13.2 Å². The highest BCUT2D eigenvalue weighted by molar-refractivity contribution is 7.89. The predicted molar refractivity (Wildman–Crippen MR) is 60.6 cm³/mol. The fourth-order valence-corrected chi connectivity index (χ4v) is 3.07. The van der Waals surface area contributed by atoms with Crippen LogP contribution >= 0.6 is 0 Å². The number of hydrogen-bond acceptors (Lipinski definition) is 4. The van der Waals surface area contributed by atoms with Crippen molar-refractivity contribution in [3.63, 3.8) is 0 Å². The summed E-state index contributed by atoms with van der Waals surface area (Å²) in [4.78, 5) is 4.30. The van der Waals surface area contributed by atoms with Crippen molar-refractivity contribution in [2.24, 2.45) is 0 Å². The number of nitriles is 1. The number of halogens is 3. The second-order valence-corrected chi connectivity index (χ2v) is 5.86. The Kier molecular flexibility index (Phi) is 3.73. The molecule has 2 rings (SSSR count). The molecule has 0 saturated carbocycles. The molecule has 1 aliphatic heterocycles. The molecule has 0 radical (unpaired) electrons. The Bertz CT molecular complexity index is 658. The first-order valence-electron chi connectivity index (χ1n) is 5.54. The highest BCUT2D eigenvalue weighted by Gasteiger charge is 2.36. The number of nitrogens with zero attached hydrogens (tertiary/aromatic N) is 2. The minimum atomic E-state index is -4.80. The minimum Gasteiger partial charge on any atom is -0.284 e. The third kappa shape index (κ3) is 2.63. The second kappa shape index (κ2) is 5.05. The maximum absolute atomic E-state index is 12.8. The average molecular weight is 306 g/mol. The molecule has 20 heavy (non-hydrogen) atoms. The molecule has 0 aliphatic carbocycles. The summed E-state index contributed by atoms with van der Waals surface area (Å²) in [5, 5.41) is 8.65.